The first kappa shape index (κ1) is 9.22. The lowest BCUT2D eigenvalue weighted by Gasteiger charge is -2.04. The van der Waals surface area contributed by atoms with E-state index in [0.717, 1.165) is 9.80 Å². The van der Waals surface area contributed by atoms with Crippen LogP contribution in [0.5, 0.6) is 0 Å². The summed E-state index contributed by atoms with van der Waals surface area (Å²) in [5.74, 6) is 0. The molecule has 13 heavy (non-hydrogen) atoms. The third-order valence-electron chi connectivity index (χ3n) is 2.10. The van der Waals surface area contributed by atoms with E-state index in [9.17, 15) is 0 Å². The summed E-state index contributed by atoms with van der Waals surface area (Å²) in [6.45, 7) is 0. The second kappa shape index (κ2) is 3.81. The van der Waals surface area contributed by atoms with Gasteiger partial charge >= 0.3 is 0 Å². The van der Waals surface area contributed by atoms with E-state index in [4.69, 9.17) is 0 Å². The molecule has 0 unspecified atom stereocenters. The van der Waals surface area contributed by atoms with Gasteiger partial charge in [0.25, 0.3) is 0 Å². The second-order valence-corrected chi connectivity index (χ2v) is 4.30. The summed E-state index contributed by atoms with van der Waals surface area (Å²) in [5, 5.41) is 3.49. The highest BCUT2D eigenvalue weighted by Gasteiger charge is 2.00. The quantitative estimate of drug-likeness (QED) is 0.680. The van der Waals surface area contributed by atoms with E-state index in [-0.39, 0.29) is 0 Å². The van der Waals surface area contributed by atoms with Gasteiger partial charge in [-0.3, -0.25) is 0 Å². The molecule has 0 saturated carbocycles. The molecule has 0 aliphatic carbocycles. The van der Waals surface area contributed by atoms with Gasteiger partial charge in [-0.1, -0.05) is 62.2 Å². The molecule has 0 N–H and O–H groups in total. The molecule has 0 nitrogen and oxygen atoms in total. The van der Waals surface area contributed by atoms with E-state index in [1.807, 2.05) is 0 Å². The largest absolute Gasteiger partial charge is 0.0876 e. The molecule has 0 fully saturated rings. The lowest BCUT2D eigenvalue weighted by atomic mass is 10.1. The number of halogens is 2. The summed E-state index contributed by atoms with van der Waals surface area (Å²) >= 11 is 7.03. The van der Waals surface area contributed by atoms with Crippen LogP contribution in [0.3, 0.4) is 0 Å². The average Bonchev–Trinajstić information content (AvgIpc) is 2.18. The Morgan fingerprint density at radius 3 is 2.38 bits per heavy atom. The molecule has 2 rings (SSSR count). The van der Waals surface area contributed by atoms with E-state index in [1.165, 1.54) is 16.3 Å². The molecule has 0 heterocycles. The van der Waals surface area contributed by atoms with Crippen LogP contribution >= 0.6 is 31.9 Å². The van der Waals surface area contributed by atoms with E-state index < -0.39 is 0 Å². The smallest absolute Gasteiger partial charge is 0.0289 e. The first-order chi connectivity index (χ1) is 6.33. The van der Waals surface area contributed by atoms with Crippen molar-refractivity contribution in [1.29, 1.82) is 0 Å². The van der Waals surface area contributed by atoms with Crippen LogP contribution in [0.4, 0.5) is 0 Å². The van der Waals surface area contributed by atoms with Crippen molar-refractivity contribution in [2.45, 2.75) is 5.33 Å². The van der Waals surface area contributed by atoms with Gasteiger partial charge in [-0.2, -0.15) is 0 Å². The van der Waals surface area contributed by atoms with Crippen LogP contribution < -0.4 is 0 Å². The van der Waals surface area contributed by atoms with Crippen LogP contribution in [0.2, 0.25) is 0 Å². The normalized spacial score (nSPS) is 10.6. The summed E-state index contributed by atoms with van der Waals surface area (Å²) in [7, 11) is 0. The van der Waals surface area contributed by atoms with Gasteiger partial charge in [0.05, 0.1) is 0 Å². The van der Waals surface area contributed by atoms with Gasteiger partial charge in [0.15, 0.2) is 0 Å². The molecule has 0 radical (unpaired) electrons. The molecule has 0 amide bonds. The average molecular weight is 300 g/mol. The molecule has 66 valence electrons. The van der Waals surface area contributed by atoms with Gasteiger partial charge in [-0.25, -0.2) is 0 Å². The van der Waals surface area contributed by atoms with Gasteiger partial charge in [0.2, 0.25) is 0 Å². The Morgan fingerprint density at radius 1 is 0.923 bits per heavy atom. The molecule has 0 saturated heterocycles. The Kier molecular flexibility index (Phi) is 2.70. The summed E-state index contributed by atoms with van der Waals surface area (Å²) in [5.41, 5.74) is 1.33. The molecule has 0 aliphatic heterocycles. The zero-order valence-electron chi connectivity index (χ0n) is 6.93. The van der Waals surface area contributed by atoms with Gasteiger partial charge < -0.3 is 0 Å². The van der Waals surface area contributed by atoms with E-state index in [2.05, 4.69) is 68.3 Å². The first-order valence-electron chi connectivity index (χ1n) is 4.05. The summed E-state index contributed by atoms with van der Waals surface area (Å²) in [6.07, 6.45) is 0. The van der Waals surface area contributed by atoms with Gasteiger partial charge in [-0.15, -0.1) is 0 Å². The number of hydrogen-bond donors (Lipinski definition) is 0. The highest BCUT2D eigenvalue weighted by molar-refractivity contribution is 9.10. The lowest BCUT2D eigenvalue weighted by molar-refractivity contribution is 1.49. The van der Waals surface area contributed by atoms with E-state index in [0.29, 0.717) is 0 Å². The van der Waals surface area contributed by atoms with Gasteiger partial charge in [0, 0.05) is 9.80 Å². The predicted octanol–water partition coefficient (Wildman–Crippen LogP) is 4.50. The molecule has 0 spiro atoms. The standard InChI is InChI=1S/C11H8Br2/c12-7-8-3-1-5-10-9(8)4-2-6-11(10)13/h1-6H,7H2. The molecular weight excluding hydrogens is 292 g/mol. The minimum absolute atomic E-state index is 0.904. The van der Waals surface area contributed by atoms with Crippen LogP contribution in [-0.4, -0.2) is 0 Å². The van der Waals surface area contributed by atoms with Crippen molar-refractivity contribution < 1.29 is 0 Å². The van der Waals surface area contributed by atoms with Crippen LogP contribution in [0.15, 0.2) is 40.9 Å². The van der Waals surface area contributed by atoms with Crippen molar-refractivity contribution in [2.24, 2.45) is 0 Å². The van der Waals surface area contributed by atoms with Crippen molar-refractivity contribution in [2.75, 3.05) is 0 Å². The third kappa shape index (κ3) is 1.65. The highest BCUT2D eigenvalue weighted by atomic mass is 79.9. The Labute approximate surface area is 94.2 Å². The summed E-state index contributed by atoms with van der Waals surface area (Å²) < 4.78 is 1.16. The van der Waals surface area contributed by atoms with Crippen molar-refractivity contribution in [3.8, 4) is 0 Å². The number of hydrogen-bond acceptors (Lipinski definition) is 0. The Hall–Kier alpha value is -0.340. The predicted molar refractivity (Wildman–Crippen MR) is 64.3 cm³/mol. The molecule has 2 aromatic carbocycles. The maximum absolute atomic E-state index is 3.54. The van der Waals surface area contributed by atoms with Crippen molar-refractivity contribution in [1.82, 2.24) is 0 Å². The monoisotopic (exact) mass is 298 g/mol. The zero-order chi connectivity index (χ0) is 9.26. The number of benzene rings is 2. The number of fused-ring (bicyclic) bond motifs is 1. The molecule has 0 atom stereocenters. The molecule has 0 aliphatic rings. The maximum Gasteiger partial charge on any atom is 0.0289 e. The molecular formula is C11H8Br2. The SMILES string of the molecule is BrCc1cccc2c(Br)cccc12. The Morgan fingerprint density at radius 2 is 1.62 bits per heavy atom. The Balaban J connectivity index is 2.84. The van der Waals surface area contributed by atoms with Crippen molar-refractivity contribution in [3.05, 3.63) is 46.4 Å². The summed E-state index contributed by atoms with van der Waals surface area (Å²) in [4.78, 5) is 0. The highest BCUT2D eigenvalue weighted by Crippen LogP contribution is 2.27. The minimum atomic E-state index is 0.904. The minimum Gasteiger partial charge on any atom is -0.0876 e. The van der Waals surface area contributed by atoms with Crippen molar-refractivity contribution in [3.63, 3.8) is 0 Å². The number of alkyl halides is 1. The van der Waals surface area contributed by atoms with Crippen LogP contribution in [0.1, 0.15) is 5.56 Å². The first-order valence-corrected chi connectivity index (χ1v) is 5.96. The van der Waals surface area contributed by atoms with Gasteiger partial charge in [-0.05, 0) is 22.4 Å². The van der Waals surface area contributed by atoms with Crippen LogP contribution in [0.25, 0.3) is 10.8 Å². The lowest BCUT2D eigenvalue weighted by Crippen LogP contribution is -1.81. The second-order valence-electron chi connectivity index (χ2n) is 2.89. The molecule has 2 heteroatoms. The van der Waals surface area contributed by atoms with Crippen LogP contribution in [-0.2, 0) is 5.33 Å². The van der Waals surface area contributed by atoms with Crippen molar-refractivity contribution >= 4 is 42.6 Å². The topological polar surface area (TPSA) is 0 Å². The fourth-order valence-corrected chi connectivity index (χ4v) is 2.44. The van der Waals surface area contributed by atoms with E-state index in [1.54, 1.807) is 0 Å². The maximum atomic E-state index is 3.54. The summed E-state index contributed by atoms with van der Waals surface area (Å²) in [6, 6.07) is 12.6. The molecule has 0 aromatic heterocycles. The van der Waals surface area contributed by atoms with E-state index >= 15 is 0 Å². The fraction of sp³-hybridized carbons (Fsp3) is 0.0909. The fourth-order valence-electron chi connectivity index (χ4n) is 1.45. The molecule has 0 bridgehead atoms. The third-order valence-corrected chi connectivity index (χ3v) is 3.40. The Bertz CT molecular complexity index is 435. The zero-order valence-corrected chi connectivity index (χ0v) is 10.1. The molecule has 2 aromatic rings. The number of rotatable bonds is 1. The van der Waals surface area contributed by atoms with Crippen LogP contribution in [0, 0.1) is 0 Å². The van der Waals surface area contributed by atoms with Gasteiger partial charge in [0.1, 0.15) is 0 Å².